The molecule has 0 radical (unpaired) electrons. The van der Waals surface area contributed by atoms with E-state index in [2.05, 4.69) is 26.6 Å². The van der Waals surface area contributed by atoms with Crippen LogP contribution in [0.15, 0.2) is 22.7 Å². The predicted molar refractivity (Wildman–Crippen MR) is 82.8 cm³/mol. The molecule has 1 aliphatic heterocycles. The van der Waals surface area contributed by atoms with E-state index in [-0.39, 0.29) is 17.7 Å². The molecule has 0 bridgehead atoms. The minimum Gasteiger partial charge on any atom is -0.376 e. The molecular weight excluding hydrogens is 322 g/mol. The zero-order valence-corrected chi connectivity index (χ0v) is 13.2. The van der Waals surface area contributed by atoms with Crippen LogP contribution in [-0.2, 0) is 9.59 Å². The number of rotatable bonds is 3. The summed E-state index contributed by atoms with van der Waals surface area (Å²) in [5, 5.41) is 5.68. The van der Waals surface area contributed by atoms with Crippen LogP contribution in [0.1, 0.15) is 12.8 Å². The Hall–Kier alpha value is -1.56. The van der Waals surface area contributed by atoms with Crippen LogP contribution in [0.25, 0.3) is 0 Å². The lowest BCUT2D eigenvalue weighted by Crippen LogP contribution is -2.40. The van der Waals surface area contributed by atoms with Crippen LogP contribution >= 0.6 is 15.9 Å². The third-order valence-corrected chi connectivity index (χ3v) is 3.83. The highest BCUT2D eigenvalue weighted by molar-refractivity contribution is 9.10. The van der Waals surface area contributed by atoms with Crippen LogP contribution in [0, 0.1) is 5.92 Å². The molecular formula is C14H18BrN3O2. The topological polar surface area (TPSA) is 61.4 Å². The largest absolute Gasteiger partial charge is 0.376 e. The van der Waals surface area contributed by atoms with Gasteiger partial charge in [-0.15, -0.1) is 0 Å². The van der Waals surface area contributed by atoms with E-state index in [9.17, 15) is 9.59 Å². The second-order valence-corrected chi connectivity index (χ2v) is 6.00. The fourth-order valence-electron chi connectivity index (χ4n) is 2.19. The molecule has 1 unspecified atom stereocenters. The van der Waals surface area contributed by atoms with Gasteiger partial charge in [0, 0.05) is 31.5 Å². The number of anilines is 2. The van der Waals surface area contributed by atoms with Crippen molar-refractivity contribution in [1.82, 2.24) is 5.32 Å². The first-order valence-electron chi connectivity index (χ1n) is 6.52. The van der Waals surface area contributed by atoms with Gasteiger partial charge >= 0.3 is 0 Å². The highest BCUT2D eigenvalue weighted by Gasteiger charge is 2.25. The van der Waals surface area contributed by atoms with Gasteiger partial charge in [0.15, 0.2) is 0 Å². The average Bonchev–Trinajstić information content (AvgIpc) is 2.39. The SMILES string of the molecule is CN(C)c1ccc(Br)cc1NC(=O)C1CCC(=O)NC1. The highest BCUT2D eigenvalue weighted by Crippen LogP contribution is 2.28. The molecule has 0 spiro atoms. The number of hydrogen-bond donors (Lipinski definition) is 2. The van der Waals surface area contributed by atoms with E-state index in [1.807, 2.05) is 37.2 Å². The number of hydrogen-bond acceptors (Lipinski definition) is 3. The van der Waals surface area contributed by atoms with E-state index >= 15 is 0 Å². The van der Waals surface area contributed by atoms with Crippen molar-refractivity contribution in [3.63, 3.8) is 0 Å². The summed E-state index contributed by atoms with van der Waals surface area (Å²) in [6.07, 6.45) is 1.01. The highest BCUT2D eigenvalue weighted by atomic mass is 79.9. The molecule has 1 saturated heterocycles. The van der Waals surface area contributed by atoms with Gasteiger partial charge in [0.25, 0.3) is 0 Å². The molecule has 0 aromatic heterocycles. The third-order valence-electron chi connectivity index (χ3n) is 3.33. The first kappa shape index (κ1) is 14.8. The van der Waals surface area contributed by atoms with Crippen molar-refractivity contribution in [3.8, 4) is 0 Å². The Morgan fingerprint density at radius 1 is 1.45 bits per heavy atom. The number of nitrogens with zero attached hydrogens (tertiary/aromatic N) is 1. The predicted octanol–water partition coefficient (Wildman–Crippen LogP) is 1.98. The Morgan fingerprint density at radius 3 is 2.80 bits per heavy atom. The van der Waals surface area contributed by atoms with E-state index in [0.717, 1.165) is 15.8 Å². The minimum absolute atomic E-state index is 0.0190. The standard InChI is InChI=1S/C14H18BrN3O2/c1-18(2)12-5-4-10(15)7-11(12)17-14(20)9-3-6-13(19)16-8-9/h4-5,7,9H,3,6,8H2,1-2H3,(H,16,19)(H,17,20). The number of benzene rings is 1. The van der Waals surface area contributed by atoms with E-state index < -0.39 is 0 Å². The van der Waals surface area contributed by atoms with Crippen molar-refractivity contribution < 1.29 is 9.59 Å². The van der Waals surface area contributed by atoms with Crippen molar-refractivity contribution in [2.75, 3.05) is 30.9 Å². The summed E-state index contributed by atoms with van der Waals surface area (Å²) in [7, 11) is 3.86. The summed E-state index contributed by atoms with van der Waals surface area (Å²) >= 11 is 3.41. The Balaban J connectivity index is 2.11. The van der Waals surface area contributed by atoms with Gasteiger partial charge in [-0.2, -0.15) is 0 Å². The summed E-state index contributed by atoms with van der Waals surface area (Å²) in [6, 6.07) is 5.77. The van der Waals surface area contributed by atoms with Gasteiger partial charge in [0.05, 0.1) is 17.3 Å². The van der Waals surface area contributed by atoms with E-state index in [1.165, 1.54) is 0 Å². The molecule has 0 saturated carbocycles. The molecule has 1 aromatic carbocycles. The van der Waals surface area contributed by atoms with Crippen LogP contribution in [-0.4, -0.2) is 32.5 Å². The first-order valence-corrected chi connectivity index (χ1v) is 7.31. The Labute approximate surface area is 126 Å². The summed E-state index contributed by atoms with van der Waals surface area (Å²) in [5.74, 6) is -0.196. The fraction of sp³-hybridized carbons (Fsp3) is 0.429. The number of halogens is 1. The van der Waals surface area contributed by atoms with Gasteiger partial charge in [-0.3, -0.25) is 9.59 Å². The summed E-state index contributed by atoms with van der Waals surface area (Å²) in [5.41, 5.74) is 1.72. The smallest absolute Gasteiger partial charge is 0.229 e. The van der Waals surface area contributed by atoms with E-state index in [0.29, 0.717) is 19.4 Å². The van der Waals surface area contributed by atoms with Crippen LogP contribution in [0.3, 0.4) is 0 Å². The fourth-order valence-corrected chi connectivity index (χ4v) is 2.55. The van der Waals surface area contributed by atoms with Crippen molar-refractivity contribution in [2.45, 2.75) is 12.8 Å². The zero-order valence-electron chi connectivity index (χ0n) is 11.6. The van der Waals surface area contributed by atoms with Crippen LogP contribution in [0.2, 0.25) is 0 Å². The van der Waals surface area contributed by atoms with Gasteiger partial charge in [-0.05, 0) is 24.6 Å². The lowest BCUT2D eigenvalue weighted by Gasteiger charge is -2.23. The van der Waals surface area contributed by atoms with Gasteiger partial charge < -0.3 is 15.5 Å². The number of carbonyl (C=O) groups is 2. The Bertz CT molecular complexity index is 521. The van der Waals surface area contributed by atoms with Gasteiger partial charge in [0.1, 0.15) is 0 Å². The molecule has 5 nitrogen and oxygen atoms in total. The lowest BCUT2D eigenvalue weighted by molar-refractivity contribution is -0.126. The van der Waals surface area contributed by atoms with Gasteiger partial charge in [-0.1, -0.05) is 15.9 Å². The maximum absolute atomic E-state index is 12.3. The van der Waals surface area contributed by atoms with Crippen molar-refractivity contribution in [2.24, 2.45) is 5.92 Å². The molecule has 2 N–H and O–H groups in total. The van der Waals surface area contributed by atoms with Crippen LogP contribution < -0.4 is 15.5 Å². The molecule has 108 valence electrons. The molecule has 1 heterocycles. The molecule has 6 heteroatoms. The molecule has 1 fully saturated rings. The molecule has 2 rings (SSSR count). The molecule has 2 amide bonds. The van der Waals surface area contributed by atoms with Crippen LogP contribution in [0.5, 0.6) is 0 Å². The summed E-state index contributed by atoms with van der Waals surface area (Å²) < 4.78 is 0.912. The Morgan fingerprint density at radius 2 is 2.20 bits per heavy atom. The third kappa shape index (κ3) is 3.50. The van der Waals surface area contributed by atoms with Crippen molar-refractivity contribution in [1.29, 1.82) is 0 Å². The molecule has 1 atom stereocenters. The Kier molecular flexibility index (Phi) is 4.65. The summed E-state index contributed by atoms with van der Waals surface area (Å²) in [4.78, 5) is 25.3. The molecule has 1 aromatic rings. The average molecular weight is 340 g/mol. The second kappa shape index (κ2) is 6.26. The normalized spacial score (nSPS) is 18.4. The number of carbonyl (C=O) groups excluding carboxylic acids is 2. The number of piperidine rings is 1. The van der Waals surface area contributed by atoms with Crippen molar-refractivity contribution >= 4 is 39.1 Å². The number of amides is 2. The second-order valence-electron chi connectivity index (χ2n) is 5.08. The van der Waals surface area contributed by atoms with E-state index in [1.54, 1.807) is 0 Å². The summed E-state index contributed by atoms with van der Waals surface area (Å²) in [6.45, 7) is 0.413. The van der Waals surface area contributed by atoms with Gasteiger partial charge in [-0.25, -0.2) is 0 Å². The number of nitrogens with one attached hydrogen (secondary N) is 2. The maximum Gasteiger partial charge on any atom is 0.229 e. The lowest BCUT2D eigenvalue weighted by atomic mass is 9.98. The maximum atomic E-state index is 12.3. The quantitative estimate of drug-likeness (QED) is 0.885. The van der Waals surface area contributed by atoms with Crippen molar-refractivity contribution in [3.05, 3.63) is 22.7 Å². The first-order chi connectivity index (χ1) is 9.47. The molecule has 20 heavy (non-hydrogen) atoms. The monoisotopic (exact) mass is 339 g/mol. The minimum atomic E-state index is -0.165. The molecule has 0 aliphatic carbocycles. The molecule has 1 aliphatic rings. The van der Waals surface area contributed by atoms with Crippen LogP contribution in [0.4, 0.5) is 11.4 Å². The van der Waals surface area contributed by atoms with Gasteiger partial charge in [0.2, 0.25) is 11.8 Å². The van der Waals surface area contributed by atoms with E-state index in [4.69, 9.17) is 0 Å². The zero-order chi connectivity index (χ0) is 14.7.